The maximum Gasteiger partial charge on any atom is 0.163 e. The highest BCUT2D eigenvalue weighted by Crippen LogP contribution is 2.27. The lowest BCUT2D eigenvalue weighted by atomic mass is 9.96. The number of hydrogen-bond acceptors (Lipinski definition) is 1. The normalized spacial score (nSPS) is 21.7. The highest BCUT2D eigenvalue weighted by Gasteiger charge is 2.20. The summed E-state index contributed by atoms with van der Waals surface area (Å²) < 4.78 is 27.0. The molecule has 1 aromatic rings. The van der Waals surface area contributed by atoms with Crippen molar-refractivity contribution in [2.75, 3.05) is 6.54 Å². The summed E-state index contributed by atoms with van der Waals surface area (Å²) >= 11 is 0. The second-order valence-electron chi connectivity index (χ2n) is 4.10. The largest absolute Gasteiger partial charge is 0.310 e. The zero-order valence-corrected chi connectivity index (χ0v) is 8.82. The van der Waals surface area contributed by atoms with Crippen molar-refractivity contribution in [1.82, 2.24) is 5.32 Å². The third kappa shape index (κ3) is 2.02. The second kappa shape index (κ2) is 4.27. The van der Waals surface area contributed by atoms with Crippen LogP contribution >= 0.6 is 0 Å². The standard InChI is InChI=1S/C12H15F2N/c1-8-5-6-9(12(14)11(8)13)10-4-2-3-7-15-10/h5-6,10,15H,2-4,7H2,1H3. The van der Waals surface area contributed by atoms with E-state index in [9.17, 15) is 8.78 Å². The van der Waals surface area contributed by atoms with Gasteiger partial charge in [0.15, 0.2) is 11.6 Å². The van der Waals surface area contributed by atoms with Crippen LogP contribution in [-0.4, -0.2) is 6.54 Å². The van der Waals surface area contributed by atoms with Crippen molar-refractivity contribution in [2.45, 2.75) is 32.2 Å². The number of aryl methyl sites for hydroxylation is 1. The van der Waals surface area contributed by atoms with Gasteiger partial charge < -0.3 is 5.32 Å². The Balaban J connectivity index is 2.31. The summed E-state index contributed by atoms with van der Waals surface area (Å²) in [5.41, 5.74) is 0.838. The number of piperidine rings is 1. The summed E-state index contributed by atoms with van der Waals surface area (Å²) in [6.07, 6.45) is 3.08. The summed E-state index contributed by atoms with van der Waals surface area (Å²) in [4.78, 5) is 0. The zero-order chi connectivity index (χ0) is 10.8. The molecule has 0 saturated carbocycles. The number of rotatable bonds is 1. The summed E-state index contributed by atoms with van der Waals surface area (Å²) in [5, 5.41) is 3.22. The van der Waals surface area contributed by atoms with Crippen LogP contribution in [0.4, 0.5) is 8.78 Å². The Bertz CT molecular complexity index is 357. The van der Waals surface area contributed by atoms with Crippen LogP contribution in [0.3, 0.4) is 0 Å². The number of hydrogen-bond donors (Lipinski definition) is 1. The molecular formula is C12H15F2N. The third-order valence-corrected chi connectivity index (χ3v) is 2.99. The molecule has 82 valence electrons. The molecule has 0 aliphatic carbocycles. The molecule has 0 amide bonds. The lowest BCUT2D eigenvalue weighted by Crippen LogP contribution is -2.27. The van der Waals surface area contributed by atoms with E-state index in [4.69, 9.17) is 0 Å². The van der Waals surface area contributed by atoms with Gasteiger partial charge in [0.2, 0.25) is 0 Å². The van der Waals surface area contributed by atoms with Crippen LogP contribution < -0.4 is 5.32 Å². The zero-order valence-electron chi connectivity index (χ0n) is 8.82. The molecule has 1 saturated heterocycles. The minimum atomic E-state index is -0.708. The molecule has 3 heteroatoms. The molecular weight excluding hydrogens is 196 g/mol. The minimum absolute atomic E-state index is 0.0196. The van der Waals surface area contributed by atoms with Gasteiger partial charge in [-0.3, -0.25) is 0 Å². The maximum atomic E-state index is 13.6. The van der Waals surface area contributed by atoms with Crippen LogP contribution in [0.1, 0.15) is 36.4 Å². The molecule has 0 radical (unpaired) electrons. The topological polar surface area (TPSA) is 12.0 Å². The Kier molecular flexibility index (Phi) is 3.00. The van der Waals surface area contributed by atoms with Gasteiger partial charge in [-0.05, 0) is 31.9 Å². The molecule has 1 fully saturated rings. The highest BCUT2D eigenvalue weighted by molar-refractivity contribution is 5.28. The van der Waals surface area contributed by atoms with Gasteiger partial charge in [0.25, 0.3) is 0 Å². The Morgan fingerprint density at radius 1 is 1.20 bits per heavy atom. The number of benzene rings is 1. The van der Waals surface area contributed by atoms with E-state index in [-0.39, 0.29) is 6.04 Å². The average Bonchev–Trinajstić information content (AvgIpc) is 2.27. The molecule has 15 heavy (non-hydrogen) atoms. The van der Waals surface area contributed by atoms with Gasteiger partial charge in [0.1, 0.15) is 0 Å². The molecule has 0 aromatic heterocycles. The predicted octanol–water partition coefficient (Wildman–Crippen LogP) is 3.09. The fourth-order valence-corrected chi connectivity index (χ4v) is 2.05. The summed E-state index contributed by atoms with van der Waals surface area (Å²) in [6, 6.07) is 3.31. The Labute approximate surface area is 88.5 Å². The molecule has 0 spiro atoms. The third-order valence-electron chi connectivity index (χ3n) is 2.99. The van der Waals surface area contributed by atoms with E-state index < -0.39 is 11.6 Å². The Hall–Kier alpha value is -0.960. The van der Waals surface area contributed by atoms with E-state index in [0.29, 0.717) is 11.1 Å². The molecule has 1 atom stereocenters. The van der Waals surface area contributed by atoms with Crippen LogP contribution in [0.2, 0.25) is 0 Å². The van der Waals surface area contributed by atoms with Gasteiger partial charge in [0, 0.05) is 11.6 Å². The number of nitrogens with one attached hydrogen (secondary N) is 1. The highest BCUT2D eigenvalue weighted by atomic mass is 19.2. The first-order valence-electron chi connectivity index (χ1n) is 5.38. The minimum Gasteiger partial charge on any atom is -0.310 e. The van der Waals surface area contributed by atoms with Crippen molar-refractivity contribution >= 4 is 0 Å². The van der Waals surface area contributed by atoms with Crippen LogP contribution in [0.5, 0.6) is 0 Å². The average molecular weight is 211 g/mol. The second-order valence-corrected chi connectivity index (χ2v) is 4.10. The molecule has 1 aliphatic rings. The maximum absolute atomic E-state index is 13.6. The van der Waals surface area contributed by atoms with Gasteiger partial charge in [-0.15, -0.1) is 0 Å². The lowest BCUT2D eigenvalue weighted by Gasteiger charge is -2.24. The fourth-order valence-electron chi connectivity index (χ4n) is 2.05. The van der Waals surface area contributed by atoms with Crippen LogP contribution in [0.15, 0.2) is 12.1 Å². The molecule has 1 unspecified atom stereocenters. The summed E-state index contributed by atoms with van der Waals surface area (Å²) in [7, 11) is 0. The van der Waals surface area contributed by atoms with E-state index in [1.807, 2.05) is 0 Å². The van der Waals surface area contributed by atoms with Crippen molar-refractivity contribution in [3.8, 4) is 0 Å². The predicted molar refractivity (Wildman–Crippen MR) is 55.7 cm³/mol. The van der Waals surface area contributed by atoms with Crippen LogP contribution in [-0.2, 0) is 0 Å². The van der Waals surface area contributed by atoms with Gasteiger partial charge in [-0.25, -0.2) is 8.78 Å². The van der Waals surface area contributed by atoms with Crippen molar-refractivity contribution in [3.05, 3.63) is 34.9 Å². The Morgan fingerprint density at radius 3 is 2.67 bits per heavy atom. The van der Waals surface area contributed by atoms with Crippen molar-refractivity contribution in [1.29, 1.82) is 0 Å². The van der Waals surface area contributed by atoms with Gasteiger partial charge in [-0.1, -0.05) is 18.6 Å². The van der Waals surface area contributed by atoms with Crippen molar-refractivity contribution < 1.29 is 8.78 Å². The van der Waals surface area contributed by atoms with E-state index in [1.54, 1.807) is 19.1 Å². The van der Waals surface area contributed by atoms with Crippen molar-refractivity contribution in [3.63, 3.8) is 0 Å². The molecule has 1 aromatic carbocycles. The first kappa shape index (κ1) is 10.6. The quantitative estimate of drug-likeness (QED) is 0.752. The van der Waals surface area contributed by atoms with Gasteiger partial charge in [-0.2, -0.15) is 0 Å². The Morgan fingerprint density at radius 2 is 2.00 bits per heavy atom. The van der Waals surface area contributed by atoms with Gasteiger partial charge >= 0.3 is 0 Å². The molecule has 2 rings (SSSR count). The summed E-state index contributed by atoms with van der Waals surface area (Å²) in [5.74, 6) is -1.39. The first-order valence-corrected chi connectivity index (χ1v) is 5.38. The van der Waals surface area contributed by atoms with E-state index >= 15 is 0 Å². The van der Waals surface area contributed by atoms with E-state index in [0.717, 1.165) is 25.8 Å². The van der Waals surface area contributed by atoms with Crippen molar-refractivity contribution in [2.24, 2.45) is 0 Å². The van der Waals surface area contributed by atoms with E-state index in [2.05, 4.69) is 5.32 Å². The SMILES string of the molecule is Cc1ccc(C2CCCCN2)c(F)c1F. The first-order chi connectivity index (χ1) is 7.20. The fraction of sp³-hybridized carbons (Fsp3) is 0.500. The smallest absolute Gasteiger partial charge is 0.163 e. The molecule has 1 N–H and O–H groups in total. The number of halogens is 2. The van der Waals surface area contributed by atoms with Crippen LogP contribution in [0, 0.1) is 18.6 Å². The molecule has 0 bridgehead atoms. The van der Waals surface area contributed by atoms with E-state index in [1.165, 1.54) is 0 Å². The lowest BCUT2D eigenvalue weighted by molar-refractivity contribution is 0.390. The monoisotopic (exact) mass is 211 g/mol. The van der Waals surface area contributed by atoms with Crippen LogP contribution in [0.25, 0.3) is 0 Å². The summed E-state index contributed by atoms with van der Waals surface area (Å²) in [6.45, 7) is 2.47. The van der Waals surface area contributed by atoms with Gasteiger partial charge in [0.05, 0.1) is 0 Å². The molecule has 1 nitrogen and oxygen atoms in total. The molecule has 1 heterocycles. The molecule has 1 aliphatic heterocycles.